The maximum Gasteiger partial charge on any atom is 0.426 e. The molecule has 4 aromatic carbocycles. The van der Waals surface area contributed by atoms with Gasteiger partial charge in [-0.15, -0.1) is 6.42 Å². The second kappa shape index (κ2) is 51.6. The summed E-state index contributed by atoms with van der Waals surface area (Å²) in [5.74, 6) is -5.75. The van der Waals surface area contributed by atoms with Crippen LogP contribution >= 0.6 is 43.2 Å². The van der Waals surface area contributed by atoms with Gasteiger partial charge in [-0.25, -0.2) is 24.8 Å². The van der Waals surface area contributed by atoms with Crippen molar-refractivity contribution in [2.75, 3.05) is 118 Å². The van der Waals surface area contributed by atoms with E-state index in [2.05, 4.69) is 74.9 Å². The van der Waals surface area contributed by atoms with Crippen LogP contribution in [0.1, 0.15) is 144 Å². The zero-order valence-electron chi connectivity index (χ0n) is 78.7. The molecule has 7 heterocycles. The van der Waals surface area contributed by atoms with Crippen LogP contribution < -0.4 is 57.9 Å². The maximum absolute atomic E-state index is 15.2. The second-order valence-corrected chi connectivity index (χ2v) is 40.6. The van der Waals surface area contributed by atoms with Crippen LogP contribution in [0.25, 0.3) is 21.8 Å². The molecule has 1 spiro atoms. The van der Waals surface area contributed by atoms with E-state index in [-0.39, 0.29) is 118 Å². The SMILES string of the molecule is C#CCN(Cc1ccc2nc(N)[nH]c(=O)c2c1)c1ccc(C(=O)N[C@@H](CCC(=O)OCCSSCCC(=O)C[C@@H](C)C(=O)N[C@@H](C)C(=O)C[C@@H](C)C(=O)N[C@@H](CNC(=O)CCSSCCOC(=O)NNC(=O)[C@]2(O)[C@H](O)[C@]3(CC)C=CCN4CC[C@@]5(c6cc([C@@]7(COC=O)CC8CN(CCc9c7[nH]c7ccccc97)C[C@](O)(CC)C8)c(OC)cc6N(C)[C@@H]25)[C@@H]43)C(=O)O)C(=O)O)cc1.O=C=O.O=C=O.O=C=O. The average molecular weight is 2030 g/mol. The van der Waals surface area contributed by atoms with Crippen LogP contribution in [0.15, 0.2) is 95.8 Å². The third kappa shape index (κ3) is 26.7. The third-order valence-corrected chi connectivity index (χ3v) is 31.2. The van der Waals surface area contributed by atoms with E-state index < -0.39 is 147 Å². The smallest absolute Gasteiger partial charge is 0.426 e. The van der Waals surface area contributed by atoms with Crippen molar-refractivity contribution < 1.29 is 131 Å². The molecule has 2 aromatic heterocycles. The van der Waals surface area contributed by atoms with Gasteiger partial charge in [-0.05, 0) is 130 Å². The number of rotatable bonds is 44. The number of nitrogens with zero attached hydrogens (tertiary/aromatic N) is 5. The number of fused-ring (bicyclic) bond motifs is 7. The number of likely N-dealkylation sites (N-methyl/N-ethyl adjacent to an activating group) is 1. The van der Waals surface area contributed by atoms with Gasteiger partial charge in [0.1, 0.15) is 49.5 Å². The Labute approximate surface area is 826 Å². The highest BCUT2D eigenvalue weighted by Gasteiger charge is 2.79. The number of ether oxygens (including phenoxy) is 4. The number of amides is 6. The highest BCUT2D eigenvalue weighted by Crippen LogP contribution is 2.68. The Hall–Kier alpha value is -12.8. The largest absolute Gasteiger partial charge is 0.496 e. The molecule has 5 aliphatic heterocycles. The number of carbonyl (C=O) groups is 12. The molecule has 2 bridgehead atoms. The van der Waals surface area contributed by atoms with Crippen molar-refractivity contribution in [2.24, 2.45) is 23.2 Å². The van der Waals surface area contributed by atoms with E-state index in [1.54, 1.807) is 44.5 Å². The number of hydrogen-bond acceptors (Lipinski definition) is 36. The number of carbonyl (C=O) groups excluding carboxylic acids is 16. The van der Waals surface area contributed by atoms with E-state index in [4.69, 9.17) is 59.9 Å². The Morgan fingerprint density at radius 2 is 1.41 bits per heavy atom. The first kappa shape index (κ1) is 112. The Morgan fingerprint density at radius 1 is 0.752 bits per heavy atom. The molecule has 6 aromatic rings. The van der Waals surface area contributed by atoms with Crippen molar-refractivity contribution in [1.29, 1.82) is 0 Å². The van der Waals surface area contributed by atoms with E-state index in [0.29, 0.717) is 129 Å². The molecule has 15 atom stereocenters. The van der Waals surface area contributed by atoms with Gasteiger partial charge < -0.3 is 86.3 Å². The molecule has 141 heavy (non-hydrogen) atoms. The van der Waals surface area contributed by atoms with Crippen LogP contribution in [0, 0.1) is 35.5 Å². The third-order valence-electron chi connectivity index (χ3n) is 26.4. The summed E-state index contributed by atoms with van der Waals surface area (Å²) in [4.78, 5) is 237. The van der Waals surface area contributed by atoms with E-state index in [0.717, 1.165) is 33.3 Å². The Balaban J connectivity index is 0.00000237. The highest BCUT2D eigenvalue weighted by atomic mass is 33.1. The van der Waals surface area contributed by atoms with Gasteiger partial charge >= 0.3 is 42.5 Å². The molecule has 0 radical (unpaired) electrons. The number of H-pyrrole nitrogens is 2. The number of terminal acetylenes is 1. The number of aliphatic hydroxyl groups excluding tert-OH is 1. The number of piperidine rings is 1. The van der Waals surface area contributed by atoms with Gasteiger partial charge in [-0.3, -0.25) is 68.2 Å². The molecule has 3 fully saturated rings. The molecule has 2 saturated heterocycles. The number of carboxylic acid groups (broad SMARTS) is 2. The number of aromatic nitrogens is 3. The van der Waals surface area contributed by atoms with Crippen LogP contribution in [-0.2, 0) is 115 Å². The number of aliphatic hydroxyl groups is 3. The van der Waals surface area contributed by atoms with Gasteiger partial charge in [0.15, 0.2) is 11.4 Å². The van der Waals surface area contributed by atoms with Crippen molar-refractivity contribution in [3.63, 3.8) is 0 Å². The number of anilines is 3. The number of hydrogen-bond donors (Lipinski definition) is 14. The quantitative estimate of drug-likeness (QED) is 0.00377. The zero-order chi connectivity index (χ0) is 103. The zero-order valence-corrected chi connectivity index (χ0v) is 81.9. The number of carboxylic acids is 2. The number of ketones is 2. The van der Waals surface area contributed by atoms with Crippen LogP contribution in [0.3, 0.4) is 0 Å². The standard InChI is InChI=1S/C92H116N14O22S4.3CO2/c1-9-30-106(49-56-17-22-67-63(42-56)79(115)100-86(93)99-67)59-20-18-58(19-21-59)78(114)97-68(80(116)117)23-24-74(111)127-34-38-131-129-36-26-60(108)40-53(4)76(112)95-55(6)71(109)41-54(5)77(113)98-69(81(118)119)47-94-73(110)27-37-130-132-39-35-128-87(122)102-101-85(121)92(124)83-91(29-33-105-31-14-28-89(11-3,82(91)105)84(92)120)64-43-65(72(125-8)44-70(64)103(83)7)90(51-126-52-107)46-57-45-88(123,10-2)50-104(48-57)32-25-62-61-15-12-13-16-66(61)96-75(62)90;3*2-1-3/h1,12-22,28,42-44,52-55,57,68-69,82-84,96,120,123-124H,10-11,23-27,29-41,45-51H2,2-8H3,(H,94,110)(H,95,112)(H,97,114)(H,98,113)(H,101,121)(H,102,122)(H,116,117)(H,118,119)(H3,93,99,100,115);;;/t53-,54-,55+,57?,68+,69+,82+,83-,84-,88+,89-,90+,91-,92-;;;/m1.../s1. The molecule has 46 heteroatoms. The minimum absolute atomic E-state index is 0.00536. The lowest BCUT2D eigenvalue weighted by Crippen LogP contribution is -2.82. The molecule has 6 aliphatic rings. The van der Waals surface area contributed by atoms with Crippen molar-refractivity contribution in [2.45, 2.75) is 177 Å². The first-order valence-corrected chi connectivity index (χ1v) is 50.3. The summed E-state index contributed by atoms with van der Waals surface area (Å²) >= 11 is 0. The molecule has 758 valence electrons. The predicted molar refractivity (Wildman–Crippen MR) is 516 cm³/mol. The predicted octanol–water partition coefficient (Wildman–Crippen LogP) is 3.84. The Kier molecular flexibility index (Phi) is 40.9. The summed E-state index contributed by atoms with van der Waals surface area (Å²) < 4.78 is 23.2. The fourth-order valence-electron chi connectivity index (χ4n) is 20.1. The Morgan fingerprint density at radius 3 is 2.07 bits per heavy atom. The first-order valence-electron chi connectivity index (χ1n) is 45.3. The fourth-order valence-corrected chi connectivity index (χ4v) is 23.8. The van der Waals surface area contributed by atoms with E-state index in [1.807, 2.05) is 60.1 Å². The van der Waals surface area contributed by atoms with Gasteiger partial charge in [0, 0.05) is 175 Å². The van der Waals surface area contributed by atoms with Crippen LogP contribution in [0.2, 0.25) is 0 Å². The van der Waals surface area contributed by atoms with Gasteiger partial charge in [-0.2, -0.15) is 28.8 Å². The number of Topliss-reactive ketones (excluding diaryl/α,β-unsaturated/α-hetero) is 2. The summed E-state index contributed by atoms with van der Waals surface area (Å²) in [5.41, 5.74) is 9.97. The molecule has 12 rings (SSSR count). The topological polar surface area (TPSA) is 618 Å². The summed E-state index contributed by atoms with van der Waals surface area (Å²) in [6, 6.07) is 17.9. The molecule has 1 saturated carbocycles. The van der Waals surface area contributed by atoms with Crippen molar-refractivity contribution in [3.8, 4) is 18.1 Å². The summed E-state index contributed by atoms with van der Waals surface area (Å²) in [7, 11) is 8.52. The number of methoxy groups -OCH3 is 1. The number of aromatic amines is 2. The van der Waals surface area contributed by atoms with Crippen molar-refractivity contribution in [1.82, 2.24) is 56.9 Å². The molecular formula is C95H116N14O28S4. The van der Waals surface area contributed by atoms with Crippen molar-refractivity contribution >= 4 is 172 Å². The molecule has 42 nitrogen and oxygen atoms in total. The average Bonchev–Trinajstić information content (AvgIpc) is 1.48. The number of benzene rings is 4. The lowest BCUT2D eigenvalue weighted by atomic mass is 9.47. The number of esters is 1. The van der Waals surface area contributed by atoms with E-state index in [1.165, 1.54) is 76.1 Å². The Bertz CT molecular complexity index is 5760. The summed E-state index contributed by atoms with van der Waals surface area (Å²) in [5, 5.41) is 69.9. The second-order valence-electron chi connectivity index (χ2n) is 35.2. The van der Waals surface area contributed by atoms with Crippen molar-refractivity contribution in [3.05, 3.63) is 135 Å². The number of para-hydroxylation sites is 1. The van der Waals surface area contributed by atoms with Crippen LogP contribution in [0.5, 0.6) is 5.75 Å². The highest BCUT2D eigenvalue weighted by molar-refractivity contribution is 8.77. The minimum Gasteiger partial charge on any atom is -0.496 e. The summed E-state index contributed by atoms with van der Waals surface area (Å²) in [6.07, 6.45) is 9.31. The van der Waals surface area contributed by atoms with Gasteiger partial charge in [0.25, 0.3) is 23.8 Å². The fraction of sp³-hybridized carbons (Fsp3) is 0.505. The number of nitrogens with one attached hydrogen (secondary N) is 8. The van der Waals surface area contributed by atoms with Gasteiger partial charge in [0.2, 0.25) is 23.7 Å². The maximum atomic E-state index is 15.2. The number of nitrogens with two attached hydrogens (primary N) is 1. The summed E-state index contributed by atoms with van der Waals surface area (Å²) in [6.45, 7) is 11.4. The monoisotopic (exact) mass is 2030 g/mol. The number of hydrazine groups is 1. The molecule has 2 unspecified atom stereocenters. The van der Waals surface area contributed by atoms with E-state index in [9.17, 15) is 83.1 Å². The van der Waals surface area contributed by atoms with Gasteiger partial charge in [0.05, 0.1) is 47.7 Å². The van der Waals surface area contributed by atoms with E-state index >= 15 is 4.79 Å². The number of nitrogen functional groups attached to an aromatic ring is 1. The molecule has 15 N–H and O–H groups in total. The lowest BCUT2D eigenvalue weighted by molar-refractivity contribution is -0.204. The van der Waals surface area contributed by atoms with Crippen LogP contribution in [0.4, 0.5) is 22.1 Å². The number of aliphatic carboxylic acids is 2. The first-order chi connectivity index (χ1) is 67.3. The molecule has 1 aliphatic carbocycles. The molecule has 6 amide bonds. The molecular weight excluding hydrogens is 1910 g/mol. The lowest BCUT2D eigenvalue weighted by Gasteiger charge is -2.63. The van der Waals surface area contributed by atoms with Crippen LogP contribution in [-0.4, -0.2) is 291 Å². The van der Waals surface area contributed by atoms with Gasteiger partial charge in [-0.1, -0.05) is 113 Å². The minimum atomic E-state index is -2.62. The normalized spacial score (nSPS) is 22.4.